The summed E-state index contributed by atoms with van der Waals surface area (Å²) in [5, 5.41) is 26.2. The molecule has 1 aromatic heterocycles. The summed E-state index contributed by atoms with van der Waals surface area (Å²) in [6.45, 7) is 31.2. The van der Waals surface area contributed by atoms with Crippen LogP contribution in [0.15, 0.2) is 21.8 Å². The van der Waals surface area contributed by atoms with Gasteiger partial charge in [0.15, 0.2) is 0 Å². The van der Waals surface area contributed by atoms with Gasteiger partial charge in [0.05, 0.1) is 44.9 Å². The van der Waals surface area contributed by atoms with Crippen molar-refractivity contribution in [3.05, 3.63) is 33.7 Å². The molecular weight excluding hydrogens is 1000 g/mol. The molecule has 75 heavy (non-hydrogen) atoms. The Hall–Kier alpha value is -4.66. The van der Waals surface area contributed by atoms with Crippen LogP contribution in [0.1, 0.15) is 209 Å². The lowest BCUT2D eigenvalue weighted by atomic mass is 9.82. The van der Waals surface area contributed by atoms with Gasteiger partial charge in [-0.2, -0.15) is 0 Å². The van der Waals surface area contributed by atoms with Gasteiger partial charge >= 0.3 is 29.8 Å². The molecule has 3 aliphatic heterocycles. The van der Waals surface area contributed by atoms with Crippen LogP contribution in [0.2, 0.25) is 0 Å². The van der Waals surface area contributed by atoms with Crippen molar-refractivity contribution in [2.24, 2.45) is 16.3 Å². The molecule has 2 atom stereocenters. The number of hydroxylamine groups is 4. The molecule has 420 valence electrons. The van der Waals surface area contributed by atoms with Gasteiger partial charge in [0.2, 0.25) is 11.8 Å². The zero-order valence-corrected chi connectivity index (χ0v) is 49.1. The van der Waals surface area contributed by atoms with Crippen LogP contribution in [0.3, 0.4) is 0 Å². The fourth-order valence-corrected chi connectivity index (χ4v) is 11.9. The first kappa shape index (κ1) is 62.9. The minimum Gasteiger partial charge on any atom is -0.481 e. The van der Waals surface area contributed by atoms with Gasteiger partial charge in [-0.1, -0.05) is 34.6 Å². The number of carbonyl (C=O) groups is 7. The molecule has 3 aliphatic rings. The number of nitrogens with one attached hydrogen (secondary N) is 3. The van der Waals surface area contributed by atoms with Crippen LogP contribution in [0, 0.1) is 11.3 Å². The number of carboxylic acid groups (broad SMARTS) is 2. The lowest BCUT2D eigenvalue weighted by Crippen LogP contribution is -2.59. The molecule has 1 aromatic rings. The molecule has 2 amide bonds. The number of aliphatic carboxylic acids is 2. The van der Waals surface area contributed by atoms with E-state index in [4.69, 9.17) is 24.5 Å². The number of amides is 2. The van der Waals surface area contributed by atoms with Crippen LogP contribution in [0.5, 0.6) is 0 Å². The van der Waals surface area contributed by atoms with Crippen molar-refractivity contribution in [2.75, 3.05) is 23.4 Å². The second-order valence-corrected chi connectivity index (χ2v) is 26.5. The number of aliphatic imine (C=N–C) groups is 1. The van der Waals surface area contributed by atoms with Crippen LogP contribution in [0.25, 0.3) is 6.08 Å². The number of aromatic nitrogens is 1. The Kier molecular flexibility index (Phi) is 21.5. The molecule has 18 nitrogen and oxygen atoms in total. The van der Waals surface area contributed by atoms with Gasteiger partial charge in [0.25, 0.3) is 0 Å². The molecule has 4 rings (SSSR count). The van der Waals surface area contributed by atoms with Crippen LogP contribution in [0.4, 0.5) is 5.82 Å². The average Bonchev–Trinajstić information content (AvgIpc) is 3.83. The van der Waals surface area contributed by atoms with Gasteiger partial charge in [-0.05, 0) is 169 Å². The number of H-pyrrole nitrogens is 1. The van der Waals surface area contributed by atoms with Crippen molar-refractivity contribution >= 4 is 82.9 Å². The number of piperidine rings is 2. The summed E-state index contributed by atoms with van der Waals surface area (Å²) < 4.78 is 5.52. The van der Waals surface area contributed by atoms with Crippen LogP contribution < -0.4 is 10.6 Å². The first-order chi connectivity index (χ1) is 34.7. The predicted molar refractivity (Wildman–Crippen MR) is 295 cm³/mol. The molecule has 20 heteroatoms. The van der Waals surface area contributed by atoms with Gasteiger partial charge < -0.3 is 40.2 Å². The van der Waals surface area contributed by atoms with Crippen molar-refractivity contribution in [3.8, 4) is 0 Å². The smallest absolute Gasteiger partial charge is 0.361 e. The molecule has 0 aromatic carbocycles. The van der Waals surface area contributed by atoms with Crippen molar-refractivity contribution in [3.63, 3.8) is 0 Å². The third kappa shape index (κ3) is 16.2. The van der Waals surface area contributed by atoms with Crippen molar-refractivity contribution in [2.45, 2.75) is 220 Å². The van der Waals surface area contributed by atoms with Gasteiger partial charge in [-0.25, -0.2) is 14.6 Å². The van der Waals surface area contributed by atoms with Crippen LogP contribution in [-0.4, -0.2) is 124 Å². The molecule has 4 heterocycles. The van der Waals surface area contributed by atoms with Gasteiger partial charge in [0.1, 0.15) is 34.6 Å². The number of anilines is 1. The summed E-state index contributed by atoms with van der Waals surface area (Å²) in [5.41, 5.74) is -0.810. The fraction of sp³-hybridized carbons (Fsp3) is 0.709. The second kappa shape index (κ2) is 25.7. The molecular formula is C55H86N6O12S2. The van der Waals surface area contributed by atoms with E-state index in [2.05, 4.69) is 15.6 Å². The SMILES string of the molecule is CCC(C)(C)C(=O)OCCSC(C)C(=O)NC1=NC(=Cc2[nH]c(NC(=O)CCCCSC(CC(=O)O)C(=O)O)c(C(=O)ON3C(C)(C)CCCC3(C)C)c2C(C)C)C(C(C)C)=C1C(=O)ON1C(C)(C)CCCC1(C)C. The largest absolute Gasteiger partial charge is 0.481 e. The monoisotopic (exact) mass is 1090 g/mol. The van der Waals surface area contributed by atoms with E-state index in [0.29, 0.717) is 53.3 Å². The number of unbranched alkanes of at least 4 members (excludes halogenated alkanes) is 1. The van der Waals surface area contributed by atoms with E-state index in [9.17, 15) is 38.7 Å². The van der Waals surface area contributed by atoms with Crippen LogP contribution >= 0.6 is 23.5 Å². The third-order valence-electron chi connectivity index (χ3n) is 14.4. The molecule has 0 spiro atoms. The fourth-order valence-electron chi connectivity index (χ4n) is 10.1. The molecule has 0 bridgehead atoms. The lowest BCUT2D eigenvalue weighted by Gasteiger charge is -2.50. The Morgan fingerprint density at radius 2 is 1.32 bits per heavy atom. The van der Waals surface area contributed by atoms with Crippen molar-refractivity contribution < 1.29 is 58.2 Å². The summed E-state index contributed by atoms with van der Waals surface area (Å²) in [5.74, 6) is -4.96. The normalized spacial score (nSPS) is 19.9. The maximum Gasteiger partial charge on any atom is 0.361 e. The number of amidine groups is 1. The molecule has 2 saturated heterocycles. The van der Waals surface area contributed by atoms with E-state index in [1.165, 1.54) is 11.8 Å². The minimum atomic E-state index is -1.22. The van der Waals surface area contributed by atoms with E-state index < -0.39 is 80.2 Å². The number of allylic oxidation sites excluding steroid dienone is 1. The summed E-state index contributed by atoms with van der Waals surface area (Å²) >= 11 is 2.29. The van der Waals surface area contributed by atoms with Gasteiger partial charge in [-0.15, -0.1) is 33.7 Å². The highest BCUT2D eigenvalue weighted by Crippen LogP contribution is 2.43. The molecule has 0 saturated carbocycles. The minimum absolute atomic E-state index is 0.00688. The van der Waals surface area contributed by atoms with Gasteiger partial charge in [-0.3, -0.25) is 24.0 Å². The van der Waals surface area contributed by atoms with E-state index in [1.807, 2.05) is 104 Å². The molecule has 2 unspecified atom stereocenters. The Labute approximate surface area is 453 Å². The Balaban J connectivity index is 1.83. The van der Waals surface area contributed by atoms with Crippen LogP contribution in [-0.2, 0) is 43.2 Å². The average molecular weight is 1090 g/mol. The number of thioether (sulfide) groups is 2. The zero-order valence-electron chi connectivity index (χ0n) is 47.4. The predicted octanol–water partition coefficient (Wildman–Crippen LogP) is 10.4. The number of rotatable bonds is 24. The number of nitrogens with zero attached hydrogens (tertiary/aromatic N) is 3. The lowest BCUT2D eigenvalue weighted by molar-refractivity contribution is -0.262. The summed E-state index contributed by atoms with van der Waals surface area (Å²) in [4.78, 5) is 114. The standard InChI is InChI=1S/C55H86N6O12S2/c1-17-51(7,8)50(70)71-27-29-74-34(6)46(65)59-45-43(49(69)73-61-54(13,14)25-21-26-55(61,15)16)41(33(4)5)36(57-45)30-35-40(32(2)3)42(48(68)72-60-52(9,10)23-20-24-53(60,11)12)44(56-35)58-38(62)22-18-19-28-75-37(47(66)67)31-39(63)64/h30,32-34,37,56H,17-29,31H2,1-16H3,(H,58,62)(H,63,64)(H,66,67)(H,57,59,65). The van der Waals surface area contributed by atoms with Gasteiger partial charge in [0, 0.05) is 17.9 Å². The van der Waals surface area contributed by atoms with E-state index >= 15 is 0 Å². The quantitative estimate of drug-likeness (QED) is 0.0477. The maximum atomic E-state index is 14.9. The number of ether oxygens (including phenoxy) is 1. The number of hydrogen-bond acceptors (Lipinski definition) is 15. The Bertz CT molecular complexity index is 2370. The molecule has 2 fully saturated rings. The zero-order chi connectivity index (χ0) is 56.6. The number of hydrogen-bond donors (Lipinski definition) is 5. The highest BCUT2D eigenvalue weighted by molar-refractivity contribution is 8.00. The van der Waals surface area contributed by atoms with Crippen molar-refractivity contribution in [1.82, 2.24) is 20.4 Å². The maximum absolute atomic E-state index is 14.9. The molecule has 0 aliphatic carbocycles. The second-order valence-electron chi connectivity index (χ2n) is 23.8. The summed E-state index contributed by atoms with van der Waals surface area (Å²) in [6, 6.07) is 0. The van der Waals surface area contributed by atoms with E-state index in [0.717, 1.165) is 50.3 Å². The van der Waals surface area contributed by atoms with Crippen molar-refractivity contribution in [1.29, 1.82) is 0 Å². The third-order valence-corrected chi connectivity index (χ3v) is 16.8. The summed E-state index contributed by atoms with van der Waals surface area (Å²) in [7, 11) is 0. The number of carbonyl (C=O) groups excluding carboxylic acids is 5. The van der Waals surface area contributed by atoms with E-state index in [-0.39, 0.29) is 53.6 Å². The Morgan fingerprint density at radius 3 is 1.81 bits per heavy atom. The Morgan fingerprint density at radius 1 is 0.773 bits per heavy atom. The first-order valence-corrected chi connectivity index (χ1v) is 28.6. The molecule has 5 N–H and O–H groups in total. The topological polar surface area (TPSA) is 246 Å². The highest BCUT2D eigenvalue weighted by atomic mass is 32.2. The van der Waals surface area contributed by atoms with E-state index in [1.54, 1.807) is 23.1 Å². The number of esters is 1. The summed E-state index contributed by atoms with van der Waals surface area (Å²) in [6.07, 6.45) is 7.59. The number of aromatic amines is 1. The molecule has 0 radical (unpaired) electrons. The number of carboxylic acids is 2. The first-order valence-electron chi connectivity index (χ1n) is 26.5. The highest BCUT2D eigenvalue weighted by Gasteiger charge is 2.47.